The van der Waals surface area contributed by atoms with Crippen molar-refractivity contribution in [1.82, 2.24) is 5.32 Å². The summed E-state index contributed by atoms with van der Waals surface area (Å²) in [6, 6.07) is 13.9. The largest absolute Gasteiger partial charge is 0.325 e. The second-order valence-electron chi connectivity index (χ2n) is 4.65. The third-order valence-corrected chi connectivity index (χ3v) is 2.84. The van der Waals surface area contributed by atoms with Crippen LogP contribution in [0.5, 0.6) is 0 Å². The molecule has 0 heterocycles. The minimum atomic E-state index is -0.270. The summed E-state index contributed by atoms with van der Waals surface area (Å²) in [4.78, 5) is 11.7. The molecule has 0 saturated heterocycles. The highest BCUT2D eigenvalue weighted by molar-refractivity contribution is 5.92. The second-order valence-corrected chi connectivity index (χ2v) is 4.65. The molecule has 0 radical (unpaired) electrons. The fraction of sp³-hybridized carbons (Fsp3) is 0.188. The molecule has 0 fully saturated rings. The van der Waals surface area contributed by atoms with Crippen molar-refractivity contribution in [3.8, 4) is 0 Å². The quantitative estimate of drug-likeness (QED) is 0.878. The zero-order valence-corrected chi connectivity index (χ0v) is 11.3. The summed E-state index contributed by atoms with van der Waals surface area (Å²) < 4.78 is 13.0. The number of aryl methyl sites for hydroxylation is 1. The van der Waals surface area contributed by atoms with E-state index in [1.54, 1.807) is 6.07 Å². The first-order chi connectivity index (χ1) is 9.63. The number of hydrogen-bond donors (Lipinski definition) is 2. The highest BCUT2D eigenvalue weighted by Crippen LogP contribution is 2.08. The number of hydrogen-bond acceptors (Lipinski definition) is 2. The van der Waals surface area contributed by atoms with Crippen LogP contribution in [0.3, 0.4) is 0 Å². The molecule has 2 aromatic rings. The Kier molecular flexibility index (Phi) is 4.85. The van der Waals surface area contributed by atoms with E-state index in [-0.39, 0.29) is 18.3 Å². The number of carbonyl (C=O) groups excluding carboxylic acids is 1. The molecule has 0 aliphatic carbocycles. The SMILES string of the molecule is Cc1ccc(NC(=O)CNCc2cccc(F)c2)cc1. The lowest BCUT2D eigenvalue weighted by Gasteiger charge is -2.07. The van der Waals surface area contributed by atoms with Crippen molar-refractivity contribution in [2.24, 2.45) is 0 Å². The van der Waals surface area contributed by atoms with Crippen molar-refractivity contribution in [3.63, 3.8) is 0 Å². The molecule has 0 bridgehead atoms. The maximum Gasteiger partial charge on any atom is 0.238 e. The van der Waals surface area contributed by atoms with E-state index < -0.39 is 0 Å². The summed E-state index contributed by atoms with van der Waals surface area (Å²) in [6.45, 7) is 2.63. The van der Waals surface area contributed by atoms with Crippen LogP contribution < -0.4 is 10.6 Å². The average molecular weight is 272 g/mol. The van der Waals surface area contributed by atoms with Gasteiger partial charge in [-0.3, -0.25) is 4.79 Å². The molecule has 0 spiro atoms. The molecular weight excluding hydrogens is 255 g/mol. The minimum Gasteiger partial charge on any atom is -0.325 e. The minimum absolute atomic E-state index is 0.120. The van der Waals surface area contributed by atoms with Crippen molar-refractivity contribution in [2.45, 2.75) is 13.5 Å². The van der Waals surface area contributed by atoms with Crippen LogP contribution in [0.4, 0.5) is 10.1 Å². The van der Waals surface area contributed by atoms with Crippen LogP contribution in [0, 0.1) is 12.7 Å². The fourth-order valence-electron chi connectivity index (χ4n) is 1.81. The van der Waals surface area contributed by atoms with Crippen LogP contribution in [0.25, 0.3) is 0 Å². The normalized spacial score (nSPS) is 10.3. The molecule has 20 heavy (non-hydrogen) atoms. The molecule has 0 atom stereocenters. The first-order valence-corrected chi connectivity index (χ1v) is 6.45. The molecule has 0 unspecified atom stereocenters. The van der Waals surface area contributed by atoms with E-state index in [0.717, 1.165) is 16.8 Å². The number of nitrogens with one attached hydrogen (secondary N) is 2. The van der Waals surface area contributed by atoms with Crippen LogP contribution in [0.2, 0.25) is 0 Å². The van der Waals surface area contributed by atoms with Gasteiger partial charge in [0, 0.05) is 12.2 Å². The highest BCUT2D eigenvalue weighted by Gasteiger charge is 2.02. The summed E-state index contributed by atoms with van der Waals surface area (Å²) >= 11 is 0. The molecular formula is C16H17FN2O. The average Bonchev–Trinajstić information content (AvgIpc) is 2.41. The van der Waals surface area contributed by atoms with Gasteiger partial charge in [-0.2, -0.15) is 0 Å². The number of benzene rings is 2. The number of amides is 1. The van der Waals surface area contributed by atoms with Gasteiger partial charge < -0.3 is 10.6 Å². The van der Waals surface area contributed by atoms with E-state index in [9.17, 15) is 9.18 Å². The van der Waals surface area contributed by atoms with E-state index in [4.69, 9.17) is 0 Å². The summed E-state index contributed by atoms with van der Waals surface area (Å²) in [6.07, 6.45) is 0. The van der Waals surface area contributed by atoms with E-state index in [0.29, 0.717) is 6.54 Å². The molecule has 2 rings (SSSR count). The van der Waals surface area contributed by atoms with Crippen LogP contribution in [0.15, 0.2) is 48.5 Å². The Labute approximate surface area is 117 Å². The van der Waals surface area contributed by atoms with Gasteiger partial charge in [-0.1, -0.05) is 29.8 Å². The van der Waals surface area contributed by atoms with Crippen molar-refractivity contribution in [3.05, 3.63) is 65.5 Å². The summed E-state index contributed by atoms with van der Waals surface area (Å²) in [7, 11) is 0. The van der Waals surface area contributed by atoms with Gasteiger partial charge in [-0.15, -0.1) is 0 Å². The Morgan fingerprint density at radius 2 is 1.90 bits per heavy atom. The summed E-state index contributed by atoms with van der Waals surface area (Å²) in [5, 5.41) is 5.77. The fourth-order valence-corrected chi connectivity index (χ4v) is 1.81. The Balaban J connectivity index is 1.76. The van der Waals surface area contributed by atoms with E-state index in [1.807, 2.05) is 37.3 Å². The molecule has 4 heteroatoms. The second kappa shape index (κ2) is 6.82. The van der Waals surface area contributed by atoms with Gasteiger partial charge in [0.25, 0.3) is 0 Å². The Bertz CT molecular complexity index is 581. The van der Waals surface area contributed by atoms with Crippen molar-refractivity contribution >= 4 is 11.6 Å². The Morgan fingerprint density at radius 3 is 2.60 bits per heavy atom. The molecule has 2 aromatic carbocycles. The number of carbonyl (C=O) groups is 1. The molecule has 0 saturated carbocycles. The Hall–Kier alpha value is -2.20. The van der Waals surface area contributed by atoms with Gasteiger partial charge in [0.2, 0.25) is 5.91 Å². The first-order valence-electron chi connectivity index (χ1n) is 6.45. The number of anilines is 1. The van der Waals surface area contributed by atoms with Crippen LogP contribution in [0.1, 0.15) is 11.1 Å². The van der Waals surface area contributed by atoms with Gasteiger partial charge in [0.1, 0.15) is 5.82 Å². The standard InChI is InChI=1S/C16H17FN2O/c1-12-5-7-15(8-6-12)19-16(20)11-18-10-13-3-2-4-14(17)9-13/h2-9,18H,10-11H2,1H3,(H,19,20). The molecule has 1 amide bonds. The third kappa shape index (κ3) is 4.48. The summed E-state index contributed by atoms with van der Waals surface area (Å²) in [5.74, 6) is -0.390. The lowest BCUT2D eigenvalue weighted by Crippen LogP contribution is -2.27. The molecule has 3 nitrogen and oxygen atoms in total. The van der Waals surface area contributed by atoms with Gasteiger partial charge in [-0.05, 0) is 36.8 Å². The van der Waals surface area contributed by atoms with Crippen molar-refractivity contribution in [1.29, 1.82) is 0 Å². The lowest BCUT2D eigenvalue weighted by molar-refractivity contribution is -0.115. The summed E-state index contributed by atoms with van der Waals surface area (Å²) in [5.41, 5.74) is 2.73. The van der Waals surface area contributed by atoms with Crippen LogP contribution >= 0.6 is 0 Å². The van der Waals surface area contributed by atoms with Gasteiger partial charge in [-0.25, -0.2) is 4.39 Å². The smallest absolute Gasteiger partial charge is 0.238 e. The highest BCUT2D eigenvalue weighted by atomic mass is 19.1. The van der Waals surface area contributed by atoms with E-state index >= 15 is 0 Å². The van der Waals surface area contributed by atoms with Gasteiger partial charge >= 0.3 is 0 Å². The monoisotopic (exact) mass is 272 g/mol. The van der Waals surface area contributed by atoms with E-state index in [1.165, 1.54) is 12.1 Å². The lowest BCUT2D eigenvalue weighted by atomic mass is 10.2. The van der Waals surface area contributed by atoms with Gasteiger partial charge in [0.15, 0.2) is 0 Å². The third-order valence-electron chi connectivity index (χ3n) is 2.84. The van der Waals surface area contributed by atoms with Crippen molar-refractivity contribution in [2.75, 3.05) is 11.9 Å². The van der Waals surface area contributed by atoms with E-state index in [2.05, 4.69) is 10.6 Å². The number of rotatable bonds is 5. The Morgan fingerprint density at radius 1 is 1.15 bits per heavy atom. The zero-order valence-electron chi connectivity index (χ0n) is 11.3. The van der Waals surface area contributed by atoms with Crippen LogP contribution in [-0.2, 0) is 11.3 Å². The molecule has 0 aromatic heterocycles. The maximum atomic E-state index is 13.0. The predicted molar refractivity (Wildman–Crippen MR) is 77.9 cm³/mol. The molecule has 2 N–H and O–H groups in total. The maximum absolute atomic E-state index is 13.0. The number of halogens is 1. The topological polar surface area (TPSA) is 41.1 Å². The van der Waals surface area contributed by atoms with Gasteiger partial charge in [0.05, 0.1) is 6.54 Å². The first kappa shape index (κ1) is 14.2. The molecule has 104 valence electrons. The zero-order chi connectivity index (χ0) is 14.4. The predicted octanol–water partition coefficient (Wildman–Crippen LogP) is 2.86. The molecule has 0 aliphatic heterocycles. The molecule has 0 aliphatic rings. The van der Waals surface area contributed by atoms with Crippen LogP contribution in [-0.4, -0.2) is 12.5 Å². The van der Waals surface area contributed by atoms with Crippen molar-refractivity contribution < 1.29 is 9.18 Å².